The van der Waals surface area contributed by atoms with Crippen molar-refractivity contribution in [1.29, 1.82) is 0 Å². The number of hydrogen-bond donors (Lipinski definition) is 0. The minimum absolute atomic E-state index is 0.129. The second-order valence-electron chi connectivity index (χ2n) is 4.85. The summed E-state index contributed by atoms with van der Waals surface area (Å²) in [5.41, 5.74) is 3.03. The van der Waals surface area contributed by atoms with Crippen molar-refractivity contribution in [3.05, 3.63) is 59.7 Å². The first kappa shape index (κ1) is 14.5. The fourth-order valence-corrected chi connectivity index (χ4v) is 2.70. The van der Waals surface area contributed by atoms with Crippen LogP contribution >= 0.6 is 11.8 Å². The van der Waals surface area contributed by atoms with Gasteiger partial charge >= 0.3 is 0 Å². The van der Waals surface area contributed by atoms with E-state index in [0.717, 1.165) is 16.8 Å². The van der Waals surface area contributed by atoms with E-state index in [-0.39, 0.29) is 5.91 Å². The molecule has 1 heterocycles. The molecule has 0 fully saturated rings. The van der Waals surface area contributed by atoms with Gasteiger partial charge in [0.05, 0.1) is 11.9 Å². The zero-order valence-electron chi connectivity index (χ0n) is 12.4. The van der Waals surface area contributed by atoms with Crippen molar-refractivity contribution >= 4 is 35.3 Å². The van der Waals surface area contributed by atoms with Crippen LogP contribution in [0.5, 0.6) is 0 Å². The minimum Gasteiger partial charge on any atom is -0.309 e. The van der Waals surface area contributed by atoms with Crippen LogP contribution in [0.1, 0.15) is 11.1 Å². The summed E-state index contributed by atoms with van der Waals surface area (Å²) in [5.74, 6) is -0.129. The highest BCUT2D eigenvalue weighted by atomic mass is 32.2. The predicted octanol–water partition coefficient (Wildman–Crippen LogP) is 3.21. The summed E-state index contributed by atoms with van der Waals surface area (Å²) in [7, 11) is 1.74. The molecule has 0 bridgehead atoms. The molecular formula is C17H15N3OS. The van der Waals surface area contributed by atoms with Crippen molar-refractivity contribution < 1.29 is 4.79 Å². The monoisotopic (exact) mass is 309 g/mol. The van der Waals surface area contributed by atoms with Crippen molar-refractivity contribution in [3.8, 4) is 0 Å². The fourth-order valence-electron chi connectivity index (χ4n) is 2.29. The van der Waals surface area contributed by atoms with Gasteiger partial charge in [-0.2, -0.15) is 5.10 Å². The third-order valence-corrected chi connectivity index (χ3v) is 4.25. The Morgan fingerprint density at radius 3 is 2.55 bits per heavy atom. The number of benzene rings is 2. The van der Waals surface area contributed by atoms with Crippen LogP contribution < -0.4 is 4.90 Å². The van der Waals surface area contributed by atoms with Crippen molar-refractivity contribution in [1.82, 2.24) is 0 Å². The Balaban J connectivity index is 1.86. The molecule has 0 saturated heterocycles. The van der Waals surface area contributed by atoms with Crippen LogP contribution in [-0.4, -0.2) is 31.1 Å². The van der Waals surface area contributed by atoms with Gasteiger partial charge in [0.1, 0.15) is 0 Å². The van der Waals surface area contributed by atoms with Crippen LogP contribution in [0.3, 0.4) is 0 Å². The van der Waals surface area contributed by atoms with Crippen LogP contribution in [-0.2, 0) is 4.79 Å². The Morgan fingerprint density at radius 1 is 1.09 bits per heavy atom. The molecule has 0 radical (unpaired) electrons. The lowest BCUT2D eigenvalue weighted by Gasteiger charge is -2.07. The van der Waals surface area contributed by atoms with E-state index in [1.807, 2.05) is 54.8 Å². The Bertz CT molecular complexity index is 766. The molecule has 3 rings (SSSR count). The number of fused-ring (bicyclic) bond motifs is 1. The number of carbonyl (C=O) groups excluding carboxylic acids is 1. The summed E-state index contributed by atoms with van der Waals surface area (Å²) in [6.07, 6.45) is 3.69. The lowest BCUT2D eigenvalue weighted by molar-refractivity contribution is -0.111. The first-order valence-corrected chi connectivity index (χ1v) is 8.05. The van der Waals surface area contributed by atoms with E-state index in [1.165, 1.54) is 4.90 Å². The van der Waals surface area contributed by atoms with Crippen molar-refractivity contribution in [3.63, 3.8) is 0 Å². The first-order valence-electron chi connectivity index (χ1n) is 6.83. The zero-order valence-corrected chi connectivity index (χ0v) is 13.2. The van der Waals surface area contributed by atoms with Gasteiger partial charge in [0, 0.05) is 17.5 Å². The average molecular weight is 309 g/mol. The maximum Gasteiger partial charge on any atom is 0.279 e. The quantitative estimate of drug-likeness (QED) is 0.496. The summed E-state index contributed by atoms with van der Waals surface area (Å²) in [6.45, 7) is 0. The Hall–Kier alpha value is -2.40. The standard InChI is InChI=1S/C17H15N3OS/c1-20-15-6-4-3-5-14(15)16(17(20)21)19-18-11-12-7-9-13(22-2)10-8-12/h3-11H,1-2H3/b18-11-,19-16-. The minimum atomic E-state index is -0.129. The van der Waals surface area contributed by atoms with Crippen LogP contribution in [0.15, 0.2) is 63.6 Å². The average Bonchev–Trinajstić information content (AvgIpc) is 2.81. The number of anilines is 1. The van der Waals surface area contributed by atoms with Gasteiger partial charge < -0.3 is 4.90 Å². The van der Waals surface area contributed by atoms with Gasteiger partial charge in [0.2, 0.25) is 0 Å². The van der Waals surface area contributed by atoms with E-state index in [9.17, 15) is 4.79 Å². The molecule has 1 aliphatic heterocycles. The molecule has 0 spiro atoms. The molecule has 4 nitrogen and oxygen atoms in total. The van der Waals surface area contributed by atoms with E-state index in [1.54, 1.807) is 29.9 Å². The van der Waals surface area contributed by atoms with E-state index in [0.29, 0.717) is 5.71 Å². The molecule has 2 aromatic rings. The van der Waals surface area contributed by atoms with Gasteiger partial charge in [-0.05, 0) is 30.0 Å². The van der Waals surface area contributed by atoms with Gasteiger partial charge in [-0.15, -0.1) is 16.9 Å². The lowest BCUT2D eigenvalue weighted by atomic mass is 10.1. The second kappa shape index (κ2) is 6.15. The number of amides is 1. The highest BCUT2D eigenvalue weighted by Crippen LogP contribution is 2.27. The third kappa shape index (κ3) is 2.67. The molecule has 1 amide bonds. The number of para-hydroxylation sites is 1. The summed E-state index contributed by atoms with van der Waals surface area (Å²) in [4.78, 5) is 15.0. The number of likely N-dealkylation sites (N-methyl/N-ethyl adjacent to an activating group) is 1. The Labute approximate surface area is 133 Å². The number of hydrogen-bond acceptors (Lipinski definition) is 4. The molecule has 22 heavy (non-hydrogen) atoms. The molecule has 110 valence electrons. The molecule has 0 aromatic heterocycles. The number of rotatable bonds is 3. The maximum atomic E-state index is 12.2. The van der Waals surface area contributed by atoms with E-state index >= 15 is 0 Å². The number of thioether (sulfide) groups is 1. The lowest BCUT2D eigenvalue weighted by Crippen LogP contribution is -2.25. The van der Waals surface area contributed by atoms with Gasteiger partial charge in [-0.1, -0.05) is 30.3 Å². The first-order chi connectivity index (χ1) is 10.7. The van der Waals surface area contributed by atoms with E-state index in [4.69, 9.17) is 0 Å². The van der Waals surface area contributed by atoms with Gasteiger partial charge in [0.25, 0.3) is 5.91 Å². The number of carbonyl (C=O) groups is 1. The smallest absolute Gasteiger partial charge is 0.279 e. The summed E-state index contributed by atoms with van der Waals surface area (Å²) >= 11 is 1.69. The van der Waals surface area contributed by atoms with Gasteiger partial charge in [-0.25, -0.2) is 0 Å². The SMILES string of the molecule is CSc1ccc(/C=N\N=C2/C(=O)N(C)c3ccccc32)cc1. The molecule has 0 N–H and O–H groups in total. The third-order valence-electron chi connectivity index (χ3n) is 3.51. The molecule has 1 aliphatic rings. The van der Waals surface area contributed by atoms with Crippen molar-refractivity contribution in [2.45, 2.75) is 4.90 Å². The van der Waals surface area contributed by atoms with Crippen molar-refractivity contribution in [2.75, 3.05) is 18.2 Å². The molecule has 5 heteroatoms. The van der Waals surface area contributed by atoms with Gasteiger partial charge in [0.15, 0.2) is 5.71 Å². The predicted molar refractivity (Wildman–Crippen MR) is 92.2 cm³/mol. The Morgan fingerprint density at radius 2 is 1.82 bits per heavy atom. The highest BCUT2D eigenvalue weighted by molar-refractivity contribution is 7.98. The Kier molecular flexibility index (Phi) is 4.06. The summed E-state index contributed by atoms with van der Waals surface area (Å²) in [5, 5.41) is 8.20. The van der Waals surface area contributed by atoms with E-state index in [2.05, 4.69) is 10.2 Å². The van der Waals surface area contributed by atoms with Crippen molar-refractivity contribution in [2.24, 2.45) is 10.2 Å². The zero-order chi connectivity index (χ0) is 15.5. The summed E-state index contributed by atoms with van der Waals surface area (Å²) in [6, 6.07) is 15.6. The van der Waals surface area contributed by atoms with Crippen LogP contribution in [0, 0.1) is 0 Å². The van der Waals surface area contributed by atoms with Crippen LogP contribution in [0.25, 0.3) is 0 Å². The summed E-state index contributed by atoms with van der Waals surface area (Å²) < 4.78 is 0. The molecule has 2 aromatic carbocycles. The maximum absolute atomic E-state index is 12.2. The molecule has 0 atom stereocenters. The molecule has 0 unspecified atom stereocenters. The number of nitrogens with zero attached hydrogens (tertiary/aromatic N) is 3. The van der Waals surface area contributed by atoms with Crippen LogP contribution in [0.2, 0.25) is 0 Å². The topological polar surface area (TPSA) is 45.0 Å². The molecule has 0 saturated carbocycles. The van der Waals surface area contributed by atoms with Gasteiger partial charge in [-0.3, -0.25) is 4.79 Å². The van der Waals surface area contributed by atoms with E-state index < -0.39 is 0 Å². The van der Waals surface area contributed by atoms with Crippen LogP contribution in [0.4, 0.5) is 5.69 Å². The normalized spacial score (nSPS) is 15.8. The largest absolute Gasteiger partial charge is 0.309 e. The second-order valence-corrected chi connectivity index (χ2v) is 5.73. The molecular weight excluding hydrogens is 294 g/mol. The highest BCUT2D eigenvalue weighted by Gasteiger charge is 2.30. The fraction of sp³-hybridized carbons (Fsp3) is 0.118. The molecule has 0 aliphatic carbocycles.